The van der Waals surface area contributed by atoms with Gasteiger partial charge in [0.05, 0.1) is 0 Å². The van der Waals surface area contributed by atoms with E-state index in [9.17, 15) is 0 Å². The lowest BCUT2D eigenvalue weighted by atomic mass is 10.4. The van der Waals surface area contributed by atoms with E-state index in [1.165, 1.54) is 21.6 Å². The number of nitrogens with zero attached hydrogens (tertiary/aromatic N) is 4. The fourth-order valence-electron chi connectivity index (χ4n) is 1.53. The second kappa shape index (κ2) is 8.42. The first kappa shape index (κ1) is 17.1. The van der Waals surface area contributed by atoms with Crippen molar-refractivity contribution in [3.63, 3.8) is 0 Å². The van der Waals surface area contributed by atoms with Gasteiger partial charge < -0.3 is 9.80 Å². The van der Waals surface area contributed by atoms with Crippen LogP contribution in [0.15, 0.2) is 49.1 Å². The molecule has 0 amide bonds. The predicted octanol–water partition coefficient (Wildman–Crippen LogP) is 4.00. The largest absolute Gasteiger partial charge is 0.330 e. The third-order valence-electron chi connectivity index (χ3n) is 2.83. The van der Waals surface area contributed by atoms with Crippen molar-refractivity contribution >= 4 is 66.0 Å². The second-order valence-electron chi connectivity index (χ2n) is 4.23. The lowest BCUT2D eigenvalue weighted by Gasteiger charge is -2.21. The van der Waals surface area contributed by atoms with Gasteiger partial charge in [0.1, 0.15) is 0 Å². The van der Waals surface area contributed by atoms with Gasteiger partial charge in [-0.05, 0) is 45.9 Å². The molecule has 0 spiro atoms. The van der Waals surface area contributed by atoms with Gasteiger partial charge in [0.2, 0.25) is 0 Å². The van der Waals surface area contributed by atoms with Crippen molar-refractivity contribution in [1.29, 1.82) is 0 Å². The van der Waals surface area contributed by atoms with E-state index in [1.807, 2.05) is 48.2 Å². The smallest absolute Gasteiger partial charge is 0.151 e. The number of thiocarbonyl (C=S) groups is 2. The molecular formula is C14H14N4S4. The first-order chi connectivity index (χ1) is 10.6. The Kier molecular flexibility index (Phi) is 6.56. The molecule has 2 heterocycles. The summed E-state index contributed by atoms with van der Waals surface area (Å²) in [5, 5.41) is 0. The highest BCUT2D eigenvalue weighted by molar-refractivity contribution is 8.89. The van der Waals surface area contributed by atoms with E-state index >= 15 is 0 Å². The zero-order chi connectivity index (χ0) is 15.9. The molecule has 8 heteroatoms. The van der Waals surface area contributed by atoms with Crippen LogP contribution in [0, 0.1) is 0 Å². The quantitative estimate of drug-likeness (QED) is 0.582. The molecule has 0 aliphatic rings. The maximum Gasteiger partial charge on any atom is 0.151 e. The molecule has 2 rings (SSSR count). The molecule has 0 aliphatic heterocycles. The van der Waals surface area contributed by atoms with E-state index in [0.717, 1.165) is 20.0 Å². The maximum atomic E-state index is 5.44. The molecule has 2 aromatic rings. The van der Waals surface area contributed by atoms with Crippen LogP contribution in [0.3, 0.4) is 0 Å². The Morgan fingerprint density at radius 3 is 1.41 bits per heavy atom. The summed E-state index contributed by atoms with van der Waals surface area (Å²) < 4.78 is 1.48. The average Bonchev–Trinajstić information content (AvgIpc) is 2.59. The van der Waals surface area contributed by atoms with E-state index in [2.05, 4.69) is 9.97 Å². The number of hydrogen-bond donors (Lipinski definition) is 0. The number of rotatable bonds is 2. The van der Waals surface area contributed by atoms with Crippen molar-refractivity contribution in [2.24, 2.45) is 0 Å². The lowest BCUT2D eigenvalue weighted by molar-refractivity contribution is 1.25. The van der Waals surface area contributed by atoms with E-state index in [-0.39, 0.29) is 0 Å². The molecule has 2 aromatic heterocycles. The van der Waals surface area contributed by atoms with Gasteiger partial charge in [-0.3, -0.25) is 9.97 Å². The van der Waals surface area contributed by atoms with Crippen molar-refractivity contribution in [3.8, 4) is 0 Å². The molecule has 0 unspecified atom stereocenters. The highest BCUT2D eigenvalue weighted by atomic mass is 33.1. The SMILES string of the molecule is CN(C(=S)SSC(=S)N(C)c1ccncc1)c1ccncc1. The third-order valence-corrected chi connectivity index (χ3v) is 6.63. The van der Waals surface area contributed by atoms with Gasteiger partial charge in [0.25, 0.3) is 0 Å². The summed E-state index contributed by atoms with van der Waals surface area (Å²) in [5.74, 6) is 0. The monoisotopic (exact) mass is 366 g/mol. The molecule has 0 fully saturated rings. The van der Waals surface area contributed by atoms with Crippen LogP contribution in [0.4, 0.5) is 11.4 Å². The molecule has 0 radical (unpaired) electrons. The number of hydrogen-bond acceptors (Lipinski definition) is 6. The van der Waals surface area contributed by atoms with Crippen LogP contribution < -0.4 is 9.80 Å². The van der Waals surface area contributed by atoms with Crippen molar-refractivity contribution < 1.29 is 0 Å². The zero-order valence-corrected chi connectivity index (χ0v) is 15.3. The molecule has 0 saturated carbocycles. The van der Waals surface area contributed by atoms with Crippen molar-refractivity contribution in [1.82, 2.24) is 9.97 Å². The number of anilines is 2. The van der Waals surface area contributed by atoms with Gasteiger partial charge in [-0.2, -0.15) is 0 Å². The summed E-state index contributed by atoms with van der Waals surface area (Å²) in [6.07, 6.45) is 6.98. The van der Waals surface area contributed by atoms with Crippen molar-refractivity contribution in [2.45, 2.75) is 0 Å². The molecule has 0 saturated heterocycles. The topological polar surface area (TPSA) is 32.3 Å². The minimum Gasteiger partial charge on any atom is -0.330 e. The molecule has 0 bridgehead atoms. The van der Waals surface area contributed by atoms with E-state index < -0.39 is 0 Å². The van der Waals surface area contributed by atoms with E-state index in [4.69, 9.17) is 24.4 Å². The van der Waals surface area contributed by atoms with Gasteiger partial charge in [0.15, 0.2) is 8.64 Å². The molecule has 4 nitrogen and oxygen atoms in total. The van der Waals surface area contributed by atoms with Crippen molar-refractivity contribution in [2.75, 3.05) is 23.9 Å². The standard InChI is InChI=1S/C14H14N4S4/c1-17(11-3-7-15-8-4-11)13(19)21-22-14(20)18(2)12-5-9-16-10-6-12/h3-10H,1-2H3. The number of pyridine rings is 2. The van der Waals surface area contributed by atoms with Gasteiger partial charge in [-0.25, -0.2) is 0 Å². The molecule has 22 heavy (non-hydrogen) atoms. The van der Waals surface area contributed by atoms with Crippen LogP contribution >= 0.6 is 46.0 Å². The Bertz CT molecular complexity index is 578. The molecule has 114 valence electrons. The fraction of sp³-hybridized carbons (Fsp3) is 0.143. The van der Waals surface area contributed by atoms with Crippen LogP contribution in [-0.4, -0.2) is 32.7 Å². The van der Waals surface area contributed by atoms with Crippen LogP contribution in [0.25, 0.3) is 0 Å². The maximum absolute atomic E-state index is 5.44. The summed E-state index contributed by atoms with van der Waals surface area (Å²) in [6.45, 7) is 0. The summed E-state index contributed by atoms with van der Waals surface area (Å²) in [5.41, 5.74) is 2.00. The normalized spacial score (nSPS) is 10.1. The Morgan fingerprint density at radius 1 is 0.773 bits per heavy atom. The minimum atomic E-state index is 0.738. The third kappa shape index (κ3) is 4.64. The Labute approximate surface area is 148 Å². The minimum absolute atomic E-state index is 0.738. The molecule has 0 atom stereocenters. The van der Waals surface area contributed by atoms with E-state index in [1.54, 1.807) is 24.8 Å². The van der Waals surface area contributed by atoms with Gasteiger partial charge in [-0.15, -0.1) is 0 Å². The predicted molar refractivity (Wildman–Crippen MR) is 106 cm³/mol. The van der Waals surface area contributed by atoms with Crippen LogP contribution in [0.1, 0.15) is 0 Å². The molecular weight excluding hydrogens is 352 g/mol. The first-order valence-corrected chi connectivity index (χ1v) is 9.26. The summed E-state index contributed by atoms with van der Waals surface area (Å²) in [7, 11) is 6.79. The first-order valence-electron chi connectivity index (χ1n) is 6.29. The van der Waals surface area contributed by atoms with Crippen LogP contribution in [-0.2, 0) is 0 Å². The fourth-order valence-corrected chi connectivity index (χ4v) is 4.03. The number of aromatic nitrogens is 2. The summed E-state index contributed by atoms with van der Waals surface area (Å²) in [6, 6.07) is 7.66. The van der Waals surface area contributed by atoms with Crippen LogP contribution in [0.5, 0.6) is 0 Å². The highest BCUT2D eigenvalue weighted by Crippen LogP contribution is 2.30. The molecule has 0 aromatic carbocycles. The Morgan fingerprint density at radius 2 is 1.09 bits per heavy atom. The lowest BCUT2D eigenvalue weighted by Crippen LogP contribution is -2.23. The van der Waals surface area contributed by atoms with Crippen LogP contribution in [0.2, 0.25) is 0 Å². The van der Waals surface area contributed by atoms with Gasteiger partial charge in [0, 0.05) is 50.3 Å². The van der Waals surface area contributed by atoms with Crippen molar-refractivity contribution in [3.05, 3.63) is 49.1 Å². The second-order valence-corrected chi connectivity index (χ2v) is 7.62. The molecule has 0 N–H and O–H groups in total. The summed E-state index contributed by atoms with van der Waals surface area (Å²) in [4.78, 5) is 11.9. The highest BCUT2D eigenvalue weighted by Gasteiger charge is 2.12. The Hall–Kier alpha value is -1.22. The van der Waals surface area contributed by atoms with Gasteiger partial charge in [-0.1, -0.05) is 24.4 Å². The zero-order valence-electron chi connectivity index (χ0n) is 12.0. The summed E-state index contributed by atoms with van der Waals surface area (Å²) >= 11 is 10.9. The molecule has 0 aliphatic carbocycles. The Balaban J connectivity index is 1.89. The average molecular weight is 367 g/mol. The van der Waals surface area contributed by atoms with E-state index in [0.29, 0.717) is 0 Å². The van der Waals surface area contributed by atoms with Gasteiger partial charge >= 0.3 is 0 Å².